The van der Waals surface area contributed by atoms with Crippen molar-refractivity contribution in [3.8, 4) is 0 Å². The van der Waals surface area contributed by atoms with Crippen molar-refractivity contribution in [3.05, 3.63) is 61.8 Å². The van der Waals surface area contributed by atoms with Gasteiger partial charge in [0.25, 0.3) is 0 Å². The molecule has 6 heteroatoms. The van der Waals surface area contributed by atoms with Gasteiger partial charge in [0.15, 0.2) is 0 Å². The number of thiazole rings is 1. The lowest BCUT2D eigenvalue weighted by Gasteiger charge is -2.10. The van der Waals surface area contributed by atoms with Crippen molar-refractivity contribution >= 4 is 40.4 Å². The van der Waals surface area contributed by atoms with Gasteiger partial charge in [0.2, 0.25) is 5.43 Å². The summed E-state index contributed by atoms with van der Waals surface area (Å²) >= 11 is 1.60. The molecule has 0 aliphatic heterocycles. The standard InChI is InChI=1S/C20H20N2O3S/c1-4-22-10-15(20(24)25)19(23)14-7-5-13(9-17(14)22)6-8-18-21-16(11-26-18)12(2)3/h5-12H,4H2,1-3H3,(H,24,25)/b8-6+. The van der Waals surface area contributed by atoms with Crippen molar-refractivity contribution in [2.45, 2.75) is 33.2 Å². The van der Waals surface area contributed by atoms with Crippen LogP contribution in [0.1, 0.15) is 53.3 Å². The minimum absolute atomic E-state index is 0.202. The van der Waals surface area contributed by atoms with Crippen LogP contribution in [0, 0.1) is 0 Å². The molecule has 0 spiro atoms. The molecule has 134 valence electrons. The number of pyridine rings is 1. The highest BCUT2D eigenvalue weighted by atomic mass is 32.1. The number of aromatic nitrogens is 2. The first-order chi connectivity index (χ1) is 12.4. The lowest BCUT2D eigenvalue weighted by atomic mass is 10.1. The summed E-state index contributed by atoms with van der Waals surface area (Å²) in [6.07, 6.45) is 5.33. The molecule has 1 aromatic carbocycles. The molecule has 0 radical (unpaired) electrons. The lowest BCUT2D eigenvalue weighted by molar-refractivity contribution is 0.0695. The second-order valence-corrected chi connectivity index (χ2v) is 7.23. The third kappa shape index (κ3) is 3.46. The number of carboxylic acid groups (broad SMARTS) is 1. The number of fused-ring (bicyclic) bond motifs is 1. The molecule has 0 fully saturated rings. The molecular weight excluding hydrogens is 348 g/mol. The summed E-state index contributed by atoms with van der Waals surface area (Å²) < 4.78 is 1.79. The van der Waals surface area contributed by atoms with E-state index in [1.54, 1.807) is 22.0 Å². The average molecular weight is 368 g/mol. The Morgan fingerprint density at radius 2 is 2.12 bits per heavy atom. The Balaban J connectivity index is 2.03. The van der Waals surface area contributed by atoms with E-state index in [9.17, 15) is 14.7 Å². The van der Waals surface area contributed by atoms with Gasteiger partial charge in [-0.2, -0.15) is 0 Å². The summed E-state index contributed by atoms with van der Waals surface area (Å²) in [5, 5.41) is 12.6. The van der Waals surface area contributed by atoms with Crippen LogP contribution in [0.2, 0.25) is 0 Å². The van der Waals surface area contributed by atoms with Gasteiger partial charge in [-0.05, 0) is 36.6 Å². The van der Waals surface area contributed by atoms with E-state index >= 15 is 0 Å². The minimum atomic E-state index is -1.20. The van der Waals surface area contributed by atoms with Gasteiger partial charge < -0.3 is 9.67 Å². The highest BCUT2D eigenvalue weighted by molar-refractivity contribution is 7.10. The van der Waals surface area contributed by atoms with Crippen LogP contribution >= 0.6 is 11.3 Å². The van der Waals surface area contributed by atoms with Crippen LogP contribution in [-0.2, 0) is 6.54 Å². The molecule has 1 N–H and O–H groups in total. The van der Waals surface area contributed by atoms with E-state index in [0.717, 1.165) is 21.8 Å². The quantitative estimate of drug-likeness (QED) is 0.721. The number of carboxylic acids is 1. The number of nitrogens with zero attached hydrogens (tertiary/aromatic N) is 2. The molecule has 0 unspecified atom stereocenters. The van der Waals surface area contributed by atoms with Gasteiger partial charge in [-0.1, -0.05) is 26.0 Å². The van der Waals surface area contributed by atoms with Crippen molar-refractivity contribution in [2.24, 2.45) is 0 Å². The van der Waals surface area contributed by atoms with Gasteiger partial charge >= 0.3 is 5.97 Å². The minimum Gasteiger partial charge on any atom is -0.477 e. The molecule has 2 aromatic heterocycles. The van der Waals surface area contributed by atoms with Crippen molar-refractivity contribution in [1.82, 2.24) is 9.55 Å². The van der Waals surface area contributed by atoms with Crippen LogP contribution in [0.25, 0.3) is 23.1 Å². The van der Waals surface area contributed by atoms with Crippen molar-refractivity contribution in [1.29, 1.82) is 0 Å². The monoisotopic (exact) mass is 368 g/mol. The Morgan fingerprint density at radius 3 is 2.73 bits per heavy atom. The van der Waals surface area contributed by atoms with Crippen LogP contribution < -0.4 is 5.43 Å². The summed E-state index contributed by atoms with van der Waals surface area (Å²) in [7, 11) is 0. The van der Waals surface area contributed by atoms with Gasteiger partial charge in [0.05, 0.1) is 11.2 Å². The Hall–Kier alpha value is -2.73. The van der Waals surface area contributed by atoms with E-state index in [-0.39, 0.29) is 5.56 Å². The predicted octanol–water partition coefficient (Wildman–Crippen LogP) is 4.47. The van der Waals surface area contributed by atoms with E-state index in [4.69, 9.17) is 0 Å². The SMILES string of the molecule is CCn1cc(C(=O)O)c(=O)c2ccc(/C=C/c3nc(C(C)C)cs3)cc21. The number of aryl methyl sites for hydroxylation is 1. The van der Waals surface area contributed by atoms with E-state index in [0.29, 0.717) is 17.8 Å². The number of hydrogen-bond donors (Lipinski definition) is 1. The van der Waals surface area contributed by atoms with Crippen LogP contribution in [0.15, 0.2) is 34.6 Å². The number of hydrogen-bond acceptors (Lipinski definition) is 4. The summed E-state index contributed by atoms with van der Waals surface area (Å²) in [5.41, 5.74) is 2.09. The fourth-order valence-corrected chi connectivity index (χ4v) is 3.61. The Morgan fingerprint density at radius 1 is 1.35 bits per heavy atom. The van der Waals surface area contributed by atoms with Crippen LogP contribution in [0.4, 0.5) is 0 Å². The molecule has 0 bridgehead atoms. The topological polar surface area (TPSA) is 72.2 Å². The van der Waals surface area contributed by atoms with Crippen molar-refractivity contribution in [3.63, 3.8) is 0 Å². The molecule has 0 saturated carbocycles. The highest BCUT2D eigenvalue weighted by Crippen LogP contribution is 2.21. The van der Waals surface area contributed by atoms with Gasteiger partial charge in [-0.25, -0.2) is 9.78 Å². The average Bonchev–Trinajstić information content (AvgIpc) is 3.09. The van der Waals surface area contributed by atoms with Crippen LogP contribution in [0.5, 0.6) is 0 Å². The first-order valence-corrected chi connectivity index (χ1v) is 9.32. The molecule has 3 aromatic rings. The zero-order valence-corrected chi connectivity index (χ0v) is 15.7. The van der Waals surface area contributed by atoms with Gasteiger partial charge in [-0.3, -0.25) is 4.79 Å². The smallest absolute Gasteiger partial charge is 0.341 e. The third-order valence-electron chi connectivity index (χ3n) is 4.23. The molecule has 2 heterocycles. The summed E-state index contributed by atoms with van der Waals surface area (Å²) in [6.45, 7) is 6.72. The van der Waals surface area contributed by atoms with Gasteiger partial charge in [-0.15, -0.1) is 11.3 Å². The second-order valence-electron chi connectivity index (χ2n) is 6.34. The highest BCUT2D eigenvalue weighted by Gasteiger charge is 2.14. The first-order valence-electron chi connectivity index (χ1n) is 8.44. The first kappa shape index (κ1) is 18.1. The number of carbonyl (C=O) groups is 1. The zero-order chi connectivity index (χ0) is 18.8. The fraction of sp³-hybridized carbons (Fsp3) is 0.250. The largest absolute Gasteiger partial charge is 0.477 e. The van der Waals surface area contributed by atoms with Gasteiger partial charge in [0.1, 0.15) is 10.6 Å². The van der Waals surface area contributed by atoms with Gasteiger partial charge in [0, 0.05) is 23.5 Å². The molecule has 0 saturated heterocycles. The fourth-order valence-electron chi connectivity index (χ4n) is 2.73. The van der Waals surface area contributed by atoms with E-state index in [1.807, 2.05) is 31.2 Å². The maximum atomic E-state index is 12.4. The zero-order valence-electron chi connectivity index (χ0n) is 14.9. The third-order valence-corrected chi connectivity index (χ3v) is 5.05. The predicted molar refractivity (Wildman–Crippen MR) is 106 cm³/mol. The Kier molecular flexibility index (Phi) is 5.04. The summed E-state index contributed by atoms with van der Waals surface area (Å²) in [6, 6.07) is 5.42. The van der Waals surface area contributed by atoms with E-state index < -0.39 is 11.4 Å². The number of benzene rings is 1. The van der Waals surface area contributed by atoms with E-state index in [2.05, 4.69) is 24.2 Å². The Bertz CT molecular complexity index is 1060. The maximum absolute atomic E-state index is 12.4. The molecule has 5 nitrogen and oxygen atoms in total. The normalized spacial score (nSPS) is 11.7. The van der Waals surface area contributed by atoms with Crippen molar-refractivity contribution in [2.75, 3.05) is 0 Å². The molecule has 0 aliphatic rings. The molecule has 0 amide bonds. The van der Waals surface area contributed by atoms with Crippen LogP contribution in [0.3, 0.4) is 0 Å². The van der Waals surface area contributed by atoms with Crippen LogP contribution in [-0.4, -0.2) is 20.6 Å². The summed E-state index contributed by atoms with van der Waals surface area (Å²) in [4.78, 5) is 28.2. The Labute approximate surface area is 155 Å². The summed E-state index contributed by atoms with van der Waals surface area (Å²) in [5.74, 6) is -0.802. The second kappa shape index (κ2) is 7.25. The molecule has 0 atom stereocenters. The number of aromatic carboxylic acids is 1. The lowest BCUT2D eigenvalue weighted by Crippen LogP contribution is -2.18. The maximum Gasteiger partial charge on any atom is 0.341 e. The number of rotatable bonds is 5. The molecule has 0 aliphatic carbocycles. The van der Waals surface area contributed by atoms with Crippen molar-refractivity contribution < 1.29 is 9.90 Å². The molecule has 3 rings (SSSR count). The molecular formula is C20H20N2O3S. The molecule has 26 heavy (non-hydrogen) atoms. The van der Waals surface area contributed by atoms with E-state index in [1.165, 1.54) is 6.20 Å².